The van der Waals surface area contributed by atoms with Crippen LogP contribution in [0.5, 0.6) is 0 Å². The summed E-state index contributed by atoms with van der Waals surface area (Å²) in [5, 5.41) is 0.430. The summed E-state index contributed by atoms with van der Waals surface area (Å²) in [6.07, 6.45) is 0.896. The van der Waals surface area contributed by atoms with Crippen LogP contribution in [0.3, 0.4) is 0 Å². The molecule has 0 aliphatic rings. The SMILES string of the molecule is O=Cc1c(C=O)n(S(=O)(=O)c2ccccc2)c2ccccc12. The monoisotopic (exact) mass is 313 g/mol. The third kappa shape index (κ3) is 1.96. The lowest BCUT2D eigenvalue weighted by Gasteiger charge is -2.09. The van der Waals surface area contributed by atoms with Gasteiger partial charge < -0.3 is 0 Å². The normalized spacial score (nSPS) is 11.5. The summed E-state index contributed by atoms with van der Waals surface area (Å²) >= 11 is 0. The van der Waals surface area contributed by atoms with Gasteiger partial charge in [0.2, 0.25) is 0 Å². The molecule has 0 bridgehead atoms. The van der Waals surface area contributed by atoms with Gasteiger partial charge in [-0.25, -0.2) is 12.4 Å². The number of hydrogen-bond donors (Lipinski definition) is 0. The number of fused-ring (bicyclic) bond motifs is 1. The summed E-state index contributed by atoms with van der Waals surface area (Å²) in [6, 6.07) is 14.3. The van der Waals surface area contributed by atoms with Crippen LogP contribution in [0.1, 0.15) is 20.8 Å². The number of benzene rings is 2. The van der Waals surface area contributed by atoms with Crippen LogP contribution in [-0.4, -0.2) is 25.0 Å². The van der Waals surface area contributed by atoms with Crippen LogP contribution in [-0.2, 0) is 10.0 Å². The molecule has 0 radical (unpaired) electrons. The summed E-state index contributed by atoms with van der Waals surface area (Å²) in [6.45, 7) is 0. The summed E-state index contributed by atoms with van der Waals surface area (Å²) in [5.74, 6) is 0. The lowest BCUT2D eigenvalue weighted by Crippen LogP contribution is -2.16. The molecule has 3 rings (SSSR count). The first-order chi connectivity index (χ1) is 10.6. The van der Waals surface area contributed by atoms with Gasteiger partial charge in [-0.05, 0) is 18.2 Å². The average molecular weight is 313 g/mol. The van der Waals surface area contributed by atoms with E-state index in [-0.39, 0.29) is 16.2 Å². The maximum Gasteiger partial charge on any atom is 0.268 e. The maximum atomic E-state index is 12.8. The lowest BCUT2D eigenvalue weighted by molar-refractivity contribution is 0.109. The van der Waals surface area contributed by atoms with Crippen LogP contribution in [0.4, 0.5) is 0 Å². The van der Waals surface area contributed by atoms with Crippen molar-refractivity contribution >= 4 is 33.5 Å². The molecular formula is C16H11NO4S. The second-order valence-electron chi connectivity index (χ2n) is 4.63. The van der Waals surface area contributed by atoms with Crippen molar-refractivity contribution in [2.45, 2.75) is 4.90 Å². The van der Waals surface area contributed by atoms with Gasteiger partial charge in [0.05, 0.1) is 16.0 Å². The molecule has 3 aromatic rings. The fraction of sp³-hybridized carbons (Fsp3) is 0. The van der Waals surface area contributed by atoms with E-state index in [1.54, 1.807) is 42.5 Å². The number of aromatic nitrogens is 1. The summed E-state index contributed by atoms with van der Waals surface area (Å²) < 4.78 is 26.6. The van der Waals surface area contributed by atoms with Gasteiger partial charge in [-0.2, -0.15) is 0 Å². The molecule has 6 heteroatoms. The molecule has 1 aromatic heterocycles. The number of rotatable bonds is 4. The van der Waals surface area contributed by atoms with Gasteiger partial charge in [-0.15, -0.1) is 0 Å². The molecule has 0 saturated carbocycles. The summed E-state index contributed by atoms with van der Waals surface area (Å²) in [7, 11) is -3.97. The van der Waals surface area contributed by atoms with E-state index in [2.05, 4.69) is 0 Å². The van der Waals surface area contributed by atoms with Crippen molar-refractivity contribution in [2.24, 2.45) is 0 Å². The van der Waals surface area contributed by atoms with Crippen molar-refractivity contribution in [3.05, 3.63) is 65.9 Å². The molecule has 0 aliphatic carbocycles. The Hall–Kier alpha value is -2.73. The van der Waals surface area contributed by atoms with Crippen LogP contribution in [0.25, 0.3) is 10.9 Å². The molecule has 5 nitrogen and oxygen atoms in total. The molecule has 0 saturated heterocycles. The zero-order valence-corrected chi connectivity index (χ0v) is 12.2. The number of nitrogens with zero attached hydrogens (tertiary/aromatic N) is 1. The van der Waals surface area contributed by atoms with E-state index in [0.29, 0.717) is 23.5 Å². The highest BCUT2D eigenvalue weighted by Crippen LogP contribution is 2.28. The molecule has 110 valence electrons. The van der Waals surface area contributed by atoms with E-state index >= 15 is 0 Å². The molecule has 0 N–H and O–H groups in total. The minimum absolute atomic E-state index is 0.0521. The van der Waals surface area contributed by atoms with Crippen molar-refractivity contribution in [1.29, 1.82) is 0 Å². The van der Waals surface area contributed by atoms with Crippen LogP contribution >= 0.6 is 0 Å². The van der Waals surface area contributed by atoms with Gasteiger partial charge in [-0.1, -0.05) is 36.4 Å². The van der Waals surface area contributed by atoms with Crippen LogP contribution < -0.4 is 0 Å². The maximum absolute atomic E-state index is 12.8. The summed E-state index contributed by atoms with van der Waals surface area (Å²) in [4.78, 5) is 22.8. The minimum atomic E-state index is -3.97. The van der Waals surface area contributed by atoms with Crippen molar-refractivity contribution in [3.63, 3.8) is 0 Å². The Balaban J connectivity index is 2.46. The Kier molecular flexibility index (Phi) is 3.38. The predicted molar refractivity (Wildman–Crippen MR) is 81.7 cm³/mol. The molecular weight excluding hydrogens is 302 g/mol. The predicted octanol–water partition coefficient (Wildman–Crippen LogP) is 2.50. The molecule has 0 atom stereocenters. The second-order valence-corrected chi connectivity index (χ2v) is 6.42. The highest BCUT2D eigenvalue weighted by molar-refractivity contribution is 7.90. The molecule has 22 heavy (non-hydrogen) atoms. The van der Waals surface area contributed by atoms with E-state index in [0.717, 1.165) is 3.97 Å². The molecule has 2 aromatic carbocycles. The first kappa shape index (κ1) is 14.2. The van der Waals surface area contributed by atoms with Crippen molar-refractivity contribution in [2.75, 3.05) is 0 Å². The van der Waals surface area contributed by atoms with Gasteiger partial charge in [0.15, 0.2) is 12.6 Å². The fourth-order valence-corrected chi connectivity index (χ4v) is 3.98. The van der Waals surface area contributed by atoms with Crippen LogP contribution in [0, 0.1) is 0 Å². The highest BCUT2D eigenvalue weighted by atomic mass is 32.2. The van der Waals surface area contributed by atoms with Gasteiger partial charge >= 0.3 is 0 Å². The second kappa shape index (κ2) is 5.23. The van der Waals surface area contributed by atoms with Gasteiger partial charge in [0.1, 0.15) is 5.69 Å². The quantitative estimate of drug-likeness (QED) is 0.694. The van der Waals surface area contributed by atoms with E-state index in [4.69, 9.17) is 0 Å². The molecule has 0 fully saturated rings. The Morgan fingerprint density at radius 3 is 2.09 bits per heavy atom. The van der Waals surface area contributed by atoms with Crippen molar-refractivity contribution < 1.29 is 18.0 Å². The molecule has 0 amide bonds. The van der Waals surface area contributed by atoms with Gasteiger partial charge in [0, 0.05) is 5.39 Å². The lowest BCUT2D eigenvalue weighted by atomic mass is 10.1. The Labute approximate surface area is 126 Å². The summed E-state index contributed by atoms with van der Waals surface area (Å²) in [5.41, 5.74) is 0.209. The number of para-hydroxylation sites is 1. The van der Waals surface area contributed by atoms with Gasteiger partial charge in [0.25, 0.3) is 10.0 Å². The zero-order chi connectivity index (χ0) is 15.7. The number of hydrogen-bond acceptors (Lipinski definition) is 4. The average Bonchev–Trinajstić information content (AvgIpc) is 2.89. The van der Waals surface area contributed by atoms with E-state index in [9.17, 15) is 18.0 Å². The largest absolute Gasteiger partial charge is 0.298 e. The Morgan fingerprint density at radius 1 is 0.818 bits per heavy atom. The van der Waals surface area contributed by atoms with Crippen LogP contribution in [0.15, 0.2) is 59.5 Å². The Morgan fingerprint density at radius 2 is 1.45 bits per heavy atom. The highest BCUT2D eigenvalue weighted by Gasteiger charge is 2.26. The number of aldehydes is 2. The van der Waals surface area contributed by atoms with E-state index < -0.39 is 10.0 Å². The van der Waals surface area contributed by atoms with Crippen molar-refractivity contribution in [3.8, 4) is 0 Å². The Bertz CT molecular complexity index is 972. The van der Waals surface area contributed by atoms with Crippen molar-refractivity contribution in [1.82, 2.24) is 3.97 Å². The first-order valence-corrected chi connectivity index (χ1v) is 7.89. The molecule has 0 aliphatic heterocycles. The smallest absolute Gasteiger partial charge is 0.268 e. The topological polar surface area (TPSA) is 73.2 Å². The number of carbonyl (C=O) groups excluding carboxylic acids is 2. The zero-order valence-electron chi connectivity index (χ0n) is 11.3. The molecule has 0 spiro atoms. The third-order valence-electron chi connectivity index (χ3n) is 3.42. The first-order valence-electron chi connectivity index (χ1n) is 6.45. The molecule has 1 heterocycles. The van der Waals surface area contributed by atoms with E-state index in [1.807, 2.05) is 0 Å². The standard InChI is InChI=1S/C16H11NO4S/c18-10-14-13-8-4-5-9-15(13)17(16(14)11-19)22(20,21)12-6-2-1-3-7-12/h1-11H. The van der Waals surface area contributed by atoms with Crippen LogP contribution in [0.2, 0.25) is 0 Å². The third-order valence-corrected chi connectivity index (χ3v) is 5.16. The van der Waals surface area contributed by atoms with E-state index in [1.165, 1.54) is 12.1 Å². The minimum Gasteiger partial charge on any atom is -0.298 e. The number of carbonyl (C=O) groups is 2. The molecule has 0 unspecified atom stereocenters. The van der Waals surface area contributed by atoms with Gasteiger partial charge in [-0.3, -0.25) is 9.59 Å². The fourth-order valence-electron chi connectivity index (χ4n) is 2.45.